The Balaban J connectivity index is 2.27. The summed E-state index contributed by atoms with van der Waals surface area (Å²) in [4.78, 5) is 6.88. The molecule has 0 bridgehead atoms. The molecule has 0 atom stereocenters. The highest BCUT2D eigenvalue weighted by molar-refractivity contribution is 6.33. The molecule has 20 heavy (non-hydrogen) atoms. The molecule has 3 rings (SSSR count). The van der Waals surface area contributed by atoms with Crippen molar-refractivity contribution >= 4 is 17.2 Å². The van der Waals surface area contributed by atoms with E-state index in [4.69, 9.17) is 16.6 Å². The third kappa shape index (κ3) is 2.30. The second-order valence-corrected chi connectivity index (χ2v) is 5.47. The van der Waals surface area contributed by atoms with E-state index in [-0.39, 0.29) is 0 Å². The van der Waals surface area contributed by atoms with Crippen LogP contribution in [0.2, 0.25) is 5.02 Å². The van der Waals surface area contributed by atoms with Crippen molar-refractivity contribution in [3.05, 3.63) is 59.4 Å². The SMILES string of the molecule is CN(C)Cc1c(-c2ccccc2)nc2c(Cl)cccn12. The minimum Gasteiger partial charge on any atom is -0.304 e. The molecule has 0 radical (unpaired) electrons. The van der Waals surface area contributed by atoms with Gasteiger partial charge in [-0.1, -0.05) is 41.9 Å². The van der Waals surface area contributed by atoms with Crippen LogP contribution < -0.4 is 0 Å². The summed E-state index contributed by atoms with van der Waals surface area (Å²) >= 11 is 6.27. The highest BCUT2D eigenvalue weighted by Crippen LogP contribution is 2.28. The molecule has 0 aliphatic carbocycles. The largest absolute Gasteiger partial charge is 0.304 e. The topological polar surface area (TPSA) is 20.5 Å². The van der Waals surface area contributed by atoms with E-state index in [1.54, 1.807) is 0 Å². The minimum atomic E-state index is 0.676. The van der Waals surface area contributed by atoms with Gasteiger partial charge in [0, 0.05) is 18.3 Å². The quantitative estimate of drug-likeness (QED) is 0.731. The highest BCUT2D eigenvalue weighted by Gasteiger charge is 2.15. The number of hydrogen-bond donors (Lipinski definition) is 0. The molecule has 0 unspecified atom stereocenters. The molecular weight excluding hydrogens is 270 g/mol. The van der Waals surface area contributed by atoms with E-state index < -0.39 is 0 Å². The molecule has 0 amide bonds. The van der Waals surface area contributed by atoms with Gasteiger partial charge in [0.15, 0.2) is 5.65 Å². The van der Waals surface area contributed by atoms with Crippen molar-refractivity contribution in [3.8, 4) is 11.3 Å². The van der Waals surface area contributed by atoms with Crippen LogP contribution in [0, 0.1) is 0 Å². The van der Waals surface area contributed by atoms with Crippen LogP contribution in [-0.2, 0) is 6.54 Å². The molecule has 102 valence electrons. The first-order valence-corrected chi connectivity index (χ1v) is 6.90. The van der Waals surface area contributed by atoms with Gasteiger partial charge in [-0.05, 0) is 26.2 Å². The van der Waals surface area contributed by atoms with Crippen LogP contribution in [0.15, 0.2) is 48.7 Å². The van der Waals surface area contributed by atoms with Crippen molar-refractivity contribution in [3.63, 3.8) is 0 Å². The first kappa shape index (κ1) is 13.2. The molecule has 0 aliphatic heterocycles. The fraction of sp³-hybridized carbons (Fsp3) is 0.188. The molecule has 1 aromatic carbocycles. The second kappa shape index (κ2) is 5.27. The van der Waals surface area contributed by atoms with Gasteiger partial charge in [0.05, 0.1) is 16.4 Å². The van der Waals surface area contributed by atoms with Gasteiger partial charge in [0.1, 0.15) is 0 Å². The Morgan fingerprint density at radius 1 is 1.10 bits per heavy atom. The molecular formula is C16H16ClN3. The predicted molar refractivity (Wildman–Crippen MR) is 83.0 cm³/mol. The fourth-order valence-electron chi connectivity index (χ4n) is 2.36. The van der Waals surface area contributed by atoms with Crippen LogP contribution >= 0.6 is 11.6 Å². The van der Waals surface area contributed by atoms with E-state index in [1.165, 1.54) is 0 Å². The molecule has 0 spiro atoms. The van der Waals surface area contributed by atoms with Crippen molar-refractivity contribution in [2.24, 2.45) is 0 Å². The standard InChI is InChI=1S/C16H16ClN3/c1-19(2)11-14-15(12-7-4-3-5-8-12)18-16-13(17)9-6-10-20(14)16/h3-10H,11H2,1-2H3. The molecule has 0 aliphatic rings. The Morgan fingerprint density at radius 2 is 1.85 bits per heavy atom. The van der Waals surface area contributed by atoms with Gasteiger partial charge < -0.3 is 9.30 Å². The molecule has 0 fully saturated rings. The maximum atomic E-state index is 6.27. The number of aromatic nitrogens is 2. The van der Waals surface area contributed by atoms with Gasteiger partial charge >= 0.3 is 0 Å². The summed E-state index contributed by atoms with van der Waals surface area (Å²) in [6.45, 7) is 0.811. The zero-order valence-electron chi connectivity index (χ0n) is 11.5. The van der Waals surface area contributed by atoms with Crippen LogP contribution in [0.5, 0.6) is 0 Å². The van der Waals surface area contributed by atoms with Gasteiger partial charge in [-0.25, -0.2) is 4.98 Å². The average molecular weight is 286 g/mol. The Bertz CT molecular complexity index is 732. The predicted octanol–water partition coefficient (Wildman–Crippen LogP) is 3.72. The van der Waals surface area contributed by atoms with Gasteiger partial charge in [-0.15, -0.1) is 0 Å². The van der Waals surface area contributed by atoms with E-state index >= 15 is 0 Å². The highest BCUT2D eigenvalue weighted by atomic mass is 35.5. The zero-order chi connectivity index (χ0) is 14.1. The van der Waals surface area contributed by atoms with Crippen LogP contribution in [0.3, 0.4) is 0 Å². The molecule has 3 nitrogen and oxygen atoms in total. The summed E-state index contributed by atoms with van der Waals surface area (Å²) in [6, 6.07) is 14.0. The smallest absolute Gasteiger partial charge is 0.156 e. The van der Waals surface area contributed by atoms with Crippen molar-refractivity contribution in [2.45, 2.75) is 6.54 Å². The van der Waals surface area contributed by atoms with Crippen molar-refractivity contribution in [2.75, 3.05) is 14.1 Å². The van der Waals surface area contributed by atoms with Crippen LogP contribution in [-0.4, -0.2) is 28.4 Å². The van der Waals surface area contributed by atoms with Crippen LogP contribution in [0.4, 0.5) is 0 Å². The molecule has 4 heteroatoms. The summed E-state index contributed by atoms with van der Waals surface area (Å²) < 4.78 is 2.07. The monoisotopic (exact) mass is 285 g/mol. The molecule has 3 aromatic rings. The number of benzene rings is 1. The Kier molecular flexibility index (Phi) is 3.47. The number of imidazole rings is 1. The van der Waals surface area contributed by atoms with E-state index in [0.717, 1.165) is 29.1 Å². The minimum absolute atomic E-state index is 0.676. The lowest BCUT2D eigenvalue weighted by Crippen LogP contribution is -2.13. The number of pyridine rings is 1. The molecule has 0 saturated carbocycles. The third-order valence-electron chi connectivity index (χ3n) is 3.21. The lowest BCUT2D eigenvalue weighted by molar-refractivity contribution is 0.396. The number of fused-ring (bicyclic) bond motifs is 1. The summed E-state index contributed by atoms with van der Waals surface area (Å²) in [5, 5.41) is 0.676. The second-order valence-electron chi connectivity index (χ2n) is 5.06. The molecule has 0 saturated heterocycles. The average Bonchev–Trinajstić information content (AvgIpc) is 2.80. The first-order chi connectivity index (χ1) is 9.66. The van der Waals surface area contributed by atoms with Crippen molar-refractivity contribution < 1.29 is 0 Å². The van der Waals surface area contributed by atoms with E-state index in [0.29, 0.717) is 5.02 Å². The van der Waals surface area contributed by atoms with E-state index in [1.807, 2.05) is 36.5 Å². The Morgan fingerprint density at radius 3 is 2.55 bits per heavy atom. The number of nitrogens with zero attached hydrogens (tertiary/aromatic N) is 3. The lowest BCUT2D eigenvalue weighted by Gasteiger charge is -2.11. The first-order valence-electron chi connectivity index (χ1n) is 6.52. The third-order valence-corrected chi connectivity index (χ3v) is 3.51. The van der Waals surface area contributed by atoms with Gasteiger partial charge in [0.2, 0.25) is 0 Å². The Labute approximate surface area is 123 Å². The van der Waals surface area contributed by atoms with Crippen LogP contribution in [0.25, 0.3) is 16.9 Å². The van der Waals surface area contributed by atoms with Crippen LogP contribution in [0.1, 0.15) is 5.69 Å². The van der Waals surface area contributed by atoms with Gasteiger partial charge in [-0.3, -0.25) is 0 Å². The maximum absolute atomic E-state index is 6.27. The van der Waals surface area contributed by atoms with Crippen molar-refractivity contribution in [1.29, 1.82) is 0 Å². The van der Waals surface area contributed by atoms with Crippen molar-refractivity contribution in [1.82, 2.24) is 14.3 Å². The number of halogens is 1. The molecule has 2 aromatic heterocycles. The summed E-state index contributed by atoms with van der Waals surface area (Å²) in [5.74, 6) is 0. The maximum Gasteiger partial charge on any atom is 0.156 e. The van der Waals surface area contributed by atoms with Gasteiger partial charge in [-0.2, -0.15) is 0 Å². The number of rotatable bonds is 3. The lowest BCUT2D eigenvalue weighted by atomic mass is 10.1. The van der Waals surface area contributed by atoms with E-state index in [9.17, 15) is 0 Å². The Hall–Kier alpha value is -1.84. The normalized spacial score (nSPS) is 11.4. The summed E-state index contributed by atoms with van der Waals surface area (Å²) in [7, 11) is 4.11. The molecule has 2 heterocycles. The number of hydrogen-bond acceptors (Lipinski definition) is 2. The summed E-state index contributed by atoms with van der Waals surface area (Å²) in [6.07, 6.45) is 2.01. The van der Waals surface area contributed by atoms with Gasteiger partial charge in [0.25, 0.3) is 0 Å². The van der Waals surface area contributed by atoms with E-state index in [2.05, 4.69) is 35.5 Å². The zero-order valence-corrected chi connectivity index (χ0v) is 12.3. The summed E-state index contributed by atoms with van der Waals surface area (Å²) in [5.41, 5.74) is 4.07. The molecule has 0 N–H and O–H groups in total. The fourth-order valence-corrected chi connectivity index (χ4v) is 2.57.